The van der Waals surface area contributed by atoms with Gasteiger partial charge in [0.25, 0.3) is 0 Å². The first-order chi connectivity index (χ1) is 8.21. The maximum absolute atomic E-state index is 9.14. The van der Waals surface area contributed by atoms with Gasteiger partial charge in [0, 0.05) is 10.9 Å². The summed E-state index contributed by atoms with van der Waals surface area (Å²) in [6, 6.07) is 7.77. The van der Waals surface area contributed by atoms with Gasteiger partial charge in [-0.2, -0.15) is 0 Å². The van der Waals surface area contributed by atoms with Crippen molar-refractivity contribution in [2.45, 2.75) is 13.5 Å². The molecular formula is C14H16O3. The third-order valence-electron chi connectivity index (χ3n) is 2.96. The highest BCUT2D eigenvalue weighted by molar-refractivity contribution is 5.92. The number of methoxy groups -OCH3 is 2. The second-order valence-corrected chi connectivity index (χ2v) is 3.95. The summed E-state index contributed by atoms with van der Waals surface area (Å²) in [6.45, 7) is 2.01. The van der Waals surface area contributed by atoms with Gasteiger partial charge in [0.15, 0.2) is 0 Å². The van der Waals surface area contributed by atoms with E-state index in [4.69, 9.17) is 14.6 Å². The summed E-state index contributed by atoms with van der Waals surface area (Å²) in [5.41, 5.74) is 1.87. The van der Waals surface area contributed by atoms with E-state index in [1.807, 2.05) is 31.2 Å². The first-order valence-corrected chi connectivity index (χ1v) is 5.46. The topological polar surface area (TPSA) is 38.7 Å². The number of aliphatic hydroxyl groups excluding tert-OH is 1. The van der Waals surface area contributed by atoms with Crippen LogP contribution in [0.25, 0.3) is 10.8 Å². The molecule has 3 heteroatoms. The Kier molecular flexibility index (Phi) is 3.20. The molecule has 0 aliphatic heterocycles. The zero-order chi connectivity index (χ0) is 12.4. The molecule has 2 aromatic rings. The summed E-state index contributed by atoms with van der Waals surface area (Å²) >= 11 is 0. The van der Waals surface area contributed by atoms with Gasteiger partial charge in [-0.3, -0.25) is 0 Å². The van der Waals surface area contributed by atoms with Crippen molar-refractivity contribution in [2.24, 2.45) is 0 Å². The Balaban J connectivity index is 2.77. The lowest BCUT2D eigenvalue weighted by Crippen LogP contribution is -1.94. The molecule has 0 radical (unpaired) electrons. The van der Waals surface area contributed by atoms with Crippen molar-refractivity contribution in [1.82, 2.24) is 0 Å². The van der Waals surface area contributed by atoms with Gasteiger partial charge in [-0.1, -0.05) is 12.1 Å². The molecule has 0 saturated heterocycles. The minimum Gasteiger partial charge on any atom is -0.496 e. The van der Waals surface area contributed by atoms with Gasteiger partial charge in [-0.05, 0) is 30.0 Å². The lowest BCUT2D eigenvalue weighted by atomic mass is 10.0. The summed E-state index contributed by atoms with van der Waals surface area (Å²) < 4.78 is 10.8. The van der Waals surface area contributed by atoms with Crippen molar-refractivity contribution >= 4 is 10.8 Å². The fourth-order valence-electron chi connectivity index (χ4n) is 2.08. The molecule has 90 valence electrons. The third kappa shape index (κ3) is 1.94. The Bertz CT molecular complexity index is 547. The second kappa shape index (κ2) is 4.63. The van der Waals surface area contributed by atoms with Gasteiger partial charge in [0.05, 0.1) is 20.8 Å². The zero-order valence-electron chi connectivity index (χ0n) is 10.3. The highest BCUT2D eigenvalue weighted by Gasteiger charge is 2.11. The van der Waals surface area contributed by atoms with Crippen LogP contribution in [0.1, 0.15) is 11.1 Å². The van der Waals surface area contributed by atoms with E-state index in [1.165, 1.54) is 0 Å². The Morgan fingerprint density at radius 1 is 1.12 bits per heavy atom. The lowest BCUT2D eigenvalue weighted by Gasteiger charge is -2.13. The molecule has 17 heavy (non-hydrogen) atoms. The average molecular weight is 232 g/mol. The first kappa shape index (κ1) is 11.7. The fourth-order valence-corrected chi connectivity index (χ4v) is 2.08. The fraction of sp³-hybridized carbons (Fsp3) is 0.286. The summed E-state index contributed by atoms with van der Waals surface area (Å²) in [6.07, 6.45) is 0. The molecule has 0 aromatic heterocycles. The molecule has 0 fully saturated rings. The predicted molar refractivity (Wildman–Crippen MR) is 67.7 cm³/mol. The number of fused-ring (bicyclic) bond motifs is 1. The maximum Gasteiger partial charge on any atom is 0.133 e. The van der Waals surface area contributed by atoms with E-state index in [-0.39, 0.29) is 6.61 Å². The highest BCUT2D eigenvalue weighted by atomic mass is 16.5. The molecule has 0 spiro atoms. The summed E-state index contributed by atoms with van der Waals surface area (Å²) in [5, 5.41) is 11.2. The van der Waals surface area contributed by atoms with Gasteiger partial charge in [-0.25, -0.2) is 0 Å². The number of ether oxygens (including phenoxy) is 2. The van der Waals surface area contributed by atoms with Crippen LogP contribution in [0, 0.1) is 6.92 Å². The Morgan fingerprint density at radius 2 is 1.88 bits per heavy atom. The van der Waals surface area contributed by atoms with Crippen molar-refractivity contribution in [1.29, 1.82) is 0 Å². The number of hydrogen-bond donors (Lipinski definition) is 1. The van der Waals surface area contributed by atoms with Gasteiger partial charge in [0.1, 0.15) is 11.5 Å². The Morgan fingerprint density at radius 3 is 2.47 bits per heavy atom. The van der Waals surface area contributed by atoms with Crippen molar-refractivity contribution in [2.75, 3.05) is 14.2 Å². The largest absolute Gasteiger partial charge is 0.496 e. The van der Waals surface area contributed by atoms with Crippen LogP contribution in [-0.2, 0) is 6.61 Å². The summed E-state index contributed by atoms with van der Waals surface area (Å²) in [4.78, 5) is 0. The van der Waals surface area contributed by atoms with Crippen LogP contribution in [0.4, 0.5) is 0 Å². The lowest BCUT2D eigenvalue weighted by molar-refractivity contribution is 0.282. The zero-order valence-corrected chi connectivity index (χ0v) is 10.3. The molecule has 0 aliphatic rings. The monoisotopic (exact) mass is 232 g/mol. The molecule has 0 heterocycles. The van der Waals surface area contributed by atoms with E-state index in [9.17, 15) is 0 Å². The van der Waals surface area contributed by atoms with Gasteiger partial charge < -0.3 is 14.6 Å². The quantitative estimate of drug-likeness (QED) is 0.884. The molecule has 3 nitrogen and oxygen atoms in total. The third-order valence-corrected chi connectivity index (χ3v) is 2.96. The van der Waals surface area contributed by atoms with E-state index in [0.717, 1.165) is 33.4 Å². The maximum atomic E-state index is 9.14. The van der Waals surface area contributed by atoms with Crippen molar-refractivity contribution in [3.8, 4) is 11.5 Å². The van der Waals surface area contributed by atoms with E-state index in [1.54, 1.807) is 14.2 Å². The molecule has 2 rings (SSSR count). The Labute approximate surface area is 101 Å². The second-order valence-electron chi connectivity index (χ2n) is 3.95. The standard InChI is InChI=1S/C14H16O3/c1-9-13(16-2)7-11-6-10(8-15)4-5-12(11)14(9)17-3/h4-7,15H,8H2,1-3H3. The van der Waals surface area contributed by atoms with Crippen LogP contribution in [-0.4, -0.2) is 19.3 Å². The van der Waals surface area contributed by atoms with Crippen LogP contribution >= 0.6 is 0 Å². The molecule has 0 aliphatic carbocycles. The SMILES string of the molecule is COc1cc2cc(CO)ccc2c(OC)c1C. The van der Waals surface area contributed by atoms with Crippen molar-refractivity contribution < 1.29 is 14.6 Å². The molecule has 0 unspecified atom stereocenters. The molecule has 0 amide bonds. The van der Waals surface area contributed by atoms with Crippen LogP contribution in [0.5, 0.6) is 11.5 Å². The van der Waals surface area contributed by atoms with Gasteiger partial charge >= 0.3 is 0 Å². The molecule has 2 aromatic carbocycles. The number of hydrogen-bond acceptors (Lipinski definition) is 3. The summed E-state index contributed by atoms with van der Waals surface area (Å²) in [7, 11) is 3.30. The van der Waals surface area contributed by atoms with Crippen molar-refractivity contribution in [3.05, 3.63) is 35.4 Å². The molecule has 0 saturated carbocycles. The molecule has 1 N–H and O–H groups in total. The normalized spacial score (nSPS) is 10.6. The Hall–Kier alpha value is -1.74. The average Bonchev–Trinajstić information content (AvgIpc) is 2.37. The number of aliphatic hydroxyl groups is 1. The van der Waals surface area contributed by atoms with E-state index in [2.05, 4.69) is 0 Å². The minimum absolute atomic E-state index is 0.0362. The predicted octanol–water partition coefficient (Wildman–Crippen LogP) is 2.66. The summed E-state index contributed by atoms with van der Waals surface area (Å²) in [5.74, 6) is 1.62. The number of benzene rings is 2. The van der Waals surface area contributed by atoms with Gasteiger partial charge in [-0.15, -0.1) is 0 Å². The molecule has 0 atom stereocenters. The first-order valence-electron chi connectivity index (χ1n) is 5.46. The van der Waals surface area contributed by atoms with Crippen molar-refractivity contribution in [3.63, 3.8) is 0 Å². The number of rotatable bonds is 3. The molecular weight excluding hydrogens is 216 g/mol. The highest BCUT2D eigenvalue weighted by Crippen LogP contribution is 2.36. The van der Waals surface area contributed by atoms with Crippen LogP contribution in [0.15, 0.2) is 24.3 Å². The van der Waals surface area contributed by atoms with Crippen LogP contribution in [0.2, 0.25) is 0 Å². The minimum atomic E-state index is 0.0362. The van der Waals surface area contributed by atoms with Gasteiger partial charge in [0.2, 0.25) is 0 Å². The van der Waals surface area contributed by atoms with E-state index in [0.29, 0.717) is 0 Å². The van der Waals surface area contributed by atoms with E-state index >= 15 is 0 Å². The smallest absolute Gasteiger partial charge is 0.133 e. The molecule has 0 bridgehead atoms. The van der Waals surface area contributed by atoms with Crippen LogP contribution in [0.3, 0.4) is 0 Å². The van der Waals surface area contributed by atoms with E-state index < -0.39 is 0 Å². The van der Waals surface area contributed by atoms with Crippen LogP contribution < -0.4 is 9.47 Å².